The first-order chi connectivity index (χ1) is 12.6. The minimum Gasteiger partial charge on any atom is -0.497 e. The Morgan fingerprint density at radius 2 is 1.70 bits per heavy atom. The number of carbonyl (C=O) groups is 2. The number of esters is 1. The molecule has 0 saturated carbocycles. The first-order valence-electron chi connectivity index (χ1n) is 8.54. The largest absolute Gasteiger partial charge is 0.497 e. The van der Waals surface area contributed by atoms with E-state index in [2.05, 4.69) is 5.32 Å². The van der Waals surface area contributed by atoms with Crippen molar-refractivity contribution in [1.82, 2.24) is 5.32 Å². The maximum absolute atomic E-state index is 14.4. The van der Waals surface area contributed by atoms with Gasteiger partial charge in [0, 0.05) is 12.5 Å². The molecule has 2 aromatic carbocycles. The molecule has 0 heterocycles. The summed E-state index contributed by atoms with van der Waals surface area (Å²) in [5.74, 6) is -0.777. The standard InChI is InChI=1S/C21H24FNO4/c1-13(24)23-19(20(25)27-21(2,3)4)15-8-11-18(22)17(12-15)14-6-9-16(26-5)10-7-14/h6-12,19H,1-5H3,(H,23,24). The van der Waals surface area contributed by atoms with Gasteiger partial charge in [-0.3, -0.25) is 4.79 Å². The van der Waals surface area contributed by atoms with Crippen molar-refractivity contribution < 1.29 is 23.5 Å². The molecule has 2 aromatic rings. The maximum atomic E-state index is 14.4. The number of rotatable bonds is 5. The van der Waals surface area contributed by atoms with Crippen molar-refractivity contribution in [2.24, 2.45) is 0 Å². The highest BCUT2D eigenvalue weighted by molar-refractivity contribution is 5.85. The van der Waals surface area contributed by atoms with Gasteiger partial charge in [-0.25, -0.2) is 9.18 Å². The fraction of sp³-hybridized carbons (Fsp3) is 0.333. The first-order valence-corrected chi connectivity index (χ1v) is 8.54. The lowest BCUT2D eigenvalue weighted by atomic mass is 9.98. The molecule has 2 rings (SSSR count). The molecule has 1 N–H and O–H groups in total. The van der Waals surface area contributed by atoms with E-state index in [9.17, 15) is 14.0 Å². The van der Waals surface area contributed by atoms with Crippen LogP contribution in [0.25, 0.3) is 11.1 Å². The van der Waals surface area contributed by atoms with E-state index in [0.717, 1.165) is 0 Å². The predicted molar refractivity (Wildman–Crippen MR) is 101 cm³/mol. The van der Waals surface area contributed by atoms with Gasteiger partial charge in [-0.15, -0.1) is 0 Å². The maximum Gasteiger partial charge on any atom is 0.333 e. The predicted octanol–water partition coefficient (Wildman–Crippen LogP) is 4.02. The van der Waals surface area contributed by atoms with Crippen LogP contribution in [-0.2, 0) is 14.3 Å². The smallest absolute Gasteiger partial charge is 0.333 e. The molecular weight excluding hydrogens is 349 g/mol. The van der Waals surface area contributed by atoms with Gasteiger partial charge >= 0.3 is 5.97 Å². The third-order valence-corrected chi connectivity index (χ3v) is 3.71. The Morgan fingerprint density at radius 3 is 2.22 bits per heavy atom. The van der Waals surface area contributed by atoms with Crippen LogP contribution in [0.15, 0.2) is 42.5 Å². The van der Waals surface area contributed by atoms with Gasteiger partial charge in [-0.1, -0.05) is 18.2 Å². The highest BCUT2D eigenvalue weighted by atomic mass is 19.1. The number of amides is 1. The summed E-state index contributed by atoms with van der Waals surface area (Å²) < 4.78 is 24.9. The molecule has 0 fully saturated rings. The Morgan fingerprint density at radius 1 is 1.07 bits per heavy atom. The Balaban J connectivity index is 2.44. The van der Waals surface area contributed by atoms with Crippen LogP contribution in [0.5, 0.6) is 5.75 Å². The van der Waals surface area contributed by atoms with Gasteiger partial charge < -0.3 is 14.8 Å². The molecule has 1 atom stereocenters. The molecule has 0 radical (unpaired) electrons. The van der Waals surface area contributed by atoms with Crippen molar-refractivity contribution in [1.29, 1.82) is 0 Å². The molecule has 0 aliphatic heterocycles. The summed E-state index contributed by atoms with van der Waals surface area (Å²) in [5, 5.41) is 2.58. The van der Waals surface area contributed by atoms with E-state index in [0.29, 0.717) is 22.4 Å². The van der Waals surface area contributed by atoms with E-state index in [1.54, 1.807) is 58.2 Å². The molecule has 6 heteroatoms. The Labute approximate surface area is 158 Å². The minimum absolute atomic E-state index is 0.314. The highest BCUT2D eigenvalue weighted by Gasteiger charge is 2.28. The number of hydrogen-bond acceptors (Lipinski definition) is 4. The summed E-state index contributed by atoms with van der Waals surface area (Å²) in [6, 6.07) is 10.1. The molecule has 0 spiro atoms. The first kappa shape index (κ1) is 20.4. The van der Waals surface area contributed by atoms with Crippen LogP contribution in [0, 0.1) is 5.82 Å². The van der Waals surface area contributed by atoms with E-state index in [-0.39, 0.29) is 5.91 Å². The SMILES string of the molecule is COc1ccc(-c2cc(C(NC(C)=O)C(=O)OC(C)(C)C)ccc2F)cc1. The molecule has 1 amide bonds. The summed E-state index contributed by atoms with van der Waals surface area (Å²) in [7, 11) is 1.55. The van der Waals surface area contributed by atoms with Crippen LogP contribution in [0.4, 0.5) is 4.39 Å². The lowest BCUT2D eigenvalue weighted by molar-refractivity contribution is -0.158. The quantitative estimate of drug-likeness (QED) is 0.804. The van der Waals surface area contributed by atoms with Crippen LogP contribution >= 0.6 is 0 Å². The second kappa shape index (κ2) is 8.20. The fourth-order valence-corrected chi connectivity index (χ4v) is 2.56. The van der Waals surface area contributed by atoms with Gasteiger partial charge in [-0.05, 0) is 56.2 Å². The summed E-state index contributed by atoms with van der Waals surface area (Å²) >= 11 is 0. The Hall–Kier alpha value is -2.89. The number of halogens is 1. The molecule has 5 nitrogen and oxygen atoms in total. The normalized spacial score (nSPS) is 12.2. The second-order valence-corrected chi connectivity index (χ2v) is 7.13. The van der Waals surface area contributed by atoms with Crippen molar-refractivity contribution in [2.45, 2.75) is 39.3 Å². The highest BCUT2D eigenvalue weighted by Crippen LogP contribution is 2.29. The van der Waals surface area contributed by atoms with E-state index in [1.807, 2.05) is 0 Å². The van der Waals surface area contributed by atoms with Crippen LogP contribution in [-0.4, -0.2) is 24.6 Å². The second-order valence-electron chi connectivity index (χ2n) is 7.13. The zero-order valence-corrected chi connectivity index (χ0v) is 16.1. The third kappa shape index (κ3) is 5.54. The summed E-state index contributed by atoms with van der Waals surface area (Å²) in [6.07, 6.45) is 0. The molecular formula is C21H24FNO4. The number of nitrogens with one attached hydrogen (secondary N) is 1. The number of ether oxygens (including phenoxy) is 2. The molecule has 0 aromatic heterocycles. The van der Waals surface area contributed by atoms with Gasteiger partial charge in [0.15, 0.2) is 6.04 Å². The number of carbonyl (C=O) groups excluding carboxylic acids is 2. The van der Waals surface area contributed by atoms with Crippen LogP contribution in [0.1, 0.15) is 39.3 Å². The summed E-state index contributed by atoms with van der Waals surface area (Å²) in [4.78, 5) is 24.1. The fourth-order valence-electron chi connectivity index (χ4n) is 2.56. The molecule has 144 valence electrons. The molecule has 0 aliphatic rings. The van der Waals surface area contributed by atoms with Crippen molar-refractivity contribution in [2.75, 3.05) is 7.11 Å². The number of benzene rings is 2. The molecule has 0 aliphatic carbocycles. The van der Waals surface area contributed by atoms with Crippen molar-refractivity contribution in [3.05, 3.63) is 53.8 Å². The molecule has 0 saturated heterocycles. The zero-order chi connectivity index (χ0) is 20.2. The van der Waals surface area contributed by atoms with Crippen LogP contribution in [0.2, 0.25) is 0 Å². The Bertz CT molecular complexity index is 825. The molecule has 1 unspecified atom stereocenters. The topological polar surface area (TPSA) is 64.6 Å². The van der Waals surface area contributed by atoms with E-state index in [4.69, 9.17) is 9.47 Å². The van der Waals surface area contributed by atoms with Crippen LogP contribution < -0.4 is 10.1 Å². The number of hydrogen-bond donors (Lipinski definition) is 1. The average Bonchev–Trinajstić information content (AvgIpc) is 2.59. The lowest BCUT2D eigenvalue weighted by Crippen LogP contribution is -2.37. The van der Waals surface area contributed by atoms with Gasteiger partial charge in [-0.2, -0.15) is 0 Å². The zero-order valence-electron chi connectivity index (χ0n) is 16.1. The lowest BCUT2D eigenvalue weighted by Gasteiger charge is -2.25. The van der Waals surface area contributed by atoms with Gasteiger partial charge in [0.25, 0.3) is 0 Å². The third-order valence-electron chi connectivity index (χ3n) is 3.71. The Kier molecular flexibility index (Phi) is 6.20. The number of methoxy groups -OCH3 is 1. The molecule has 0 bridgehead atoms. The summed E-state index contributed by atoms with van der Waals surface area (Å²) in [5.41, 5.74) is 0.661. The monoisotopic (exact) mass is 373 g/mol. The van der Waals surface area contributed by atoms with Crippen molar-refractivity contribution in [3.8, 4) is 16.9 Å². The van der Waals surface area contributed by atoms with E-state index in [1.165, 1.54) is 19.1 Å². The average molecular weight is 373 g/mol. The minimum atomic E-state index is -1.03. The van der Waals surface area contributed by atoms with Gasteiger partial charge in [0.1, 0.15) is 17.2 Å². The van der Waals surface area contributed by atoms with Gasteiger partial charge in [0.2, 0.25) is 5.91 Å². The van der Waals surface area contributed by atoms with E-state index >= 15 is 0 Å². The summed E-state index contributed by atoms with van der Waals surface area (Å²) in [6.45, 7) is 6.53. The van der Waals surface area contributed by atoms with Gasteiger partial charge in [0.05, 0.1) is 7.11 Å². The van der Waals surface area contributed by atoms with Crippen LogP contribution in [0.3, 0.4) is 0 Å². The van der Waals surface area contributed by atoms with E-state index < -0.39 is 23.4 Å². The van der Waals surface area contributed by atoms with Crippen molar-refractivity contribution >= 4 is 11.9 Å². The van der Waals surface area contributed by atoms with Crippen molar-refractivity contribution in [3.63, 3.8) is 0 Å². The molecule has 27 heavy (non-hydrogen) atoms.